The summed E-state index contributed by atoms with van der Waals surface area (Å²) >= 11 is 0. The first-order chi connectivity index (χ1) is 5.83. The minimum absolute atomic E-state index is 0.0193. The van der Waals surface area contributed by atoms with Gasteiger partial charge in [-0.3, -0.25) is 9.69 Å². The normalized spacial score (nSPS) is 18.8. The van der Waals surface area contributed by atoms with Crippen LogP contribution in [0, 0.1) is 0 Å². The smallest absolute Gasteiger partial charge is 0.243 e. The molecule has 0 aromatic carbocycles. The summed E-state index contributed by atoms with van der Waals surface area (Å²) in [6, 6.07) is 0. The van der Waals surface area contributed by atoms with Crippen LogP contribution in [0.25, 0.3) is 0 Å². The van der Waals surface area contributed by atoms with E-state index in [1.165, 1.54) is 25.9 Å². The van der Waals surface area contributed by atoms with Crippen LogP contribution < -0.4 is 5.32 Å². The Labute approximate surface area is 73.4 Å². The summed E-state index contributed by atoms with van der Waals surface area (Å²) in [6.07, 6.45) is 6.12. The lowest BCUT2D eigenvalue weighted by molar-refractivity contribution is -0.116. The quantitative estimate of drug-likeness (QED) is 0.618. The predicted molar refractivity (Wildman–Crippen MR) is 48.9 cm³/mol. The summed E-state index contributed by atoms with van der Waals surface area (Å²) < 4.78 is 0. The number of likely N-dealkylation sites (N-methyl/N-ethyl adjacent to an activating group) is 1. The van der Waals surface area contributed by atoms with Crippen LogP contribution in [-0.2, 0) is 4.79 Å². The summed E-state index contributed by atoms with van der Waals surface area (Å²) in [6.45, 7) is 3.27. The van der Waals surface area contributed by atoms with Crippen LogP contribution in [0.15, 0.2) is 12.2 Å². The summed E-state index contributed by atoms with van der Waals surface area (Å²) in [5.74, 6) is -0.0193. The van der Waals surface area contributed by atoms with E-state index in [1.807, 2.05) is 6.08 Å². The molecule has 1 aliphatic heterocycles. The van der Waals surface area contributed by atoms with E-state index in [2.05, 4.69) is 10.2 Å². The highest BCUT2D eigenvalue weighted by molar-refractivity contribution is 5.87. The Bertz CT molecular complexity index is 171. The van der Waals surface area contributed by atoms with Gasteiger partial charge in [0.15, 0.2) is 0 Å². The molecule has 1 N–H and O–H groups in total. The number of nitrogens with one attached hydrogen (secondary N) is 1. The molecule has 3 heteroatoms. The molecule has 1 aliphatic rings. The summed E-state index contributed by atoms with van der Waals surface area (Å²) in [5, 5.41) is 2.55. The largest absolute Gasteiger partial charge is 0.356 e. The van der Waals surface area contributed by atoms with Crippen molar-refractivity contribution in [2.24, 2.45) is 0 Å². The highest BCUT2D eigenvalue weighted by Crippen LogP contribution is 2.05. The van der Waals surface area contributed by atoms with Crippen LogP contribution in [0.4, 0.5) is 0 Å². The van der Waals surface area contributed by atoms with Gasteiger partial charge in [-0.15, -0.1) is 0 Å². The Morgan fingerprint density at radius 2 is 2.17 bits per heavy atom. The van der Waals surface area contributed by atoms with E-state index in [9.17, 15) is 4.79 Å². The van der Waals surface area contributed by atoms with Crippen molar-refractivity contribution < 1.29 is 4.79 Å². The molecule has 0 atom stereocenters. The molecule has 1 amide bonds. The number of hydrogen-bond acceptors (Lipinski definition) is 2. The van der Waals surface area contributed by atoms with Gasteiger partial charge in [0.05, 0.1) is 0 Å². The lowest BCUT2D eigenvalue weighted by Crippen LogP contribution is -2.20. The Morgan fingerprint density at radius 3 is 2.75 bits per heavy atom. The second-order valence-electron chi connectivity index (χ2n) is 3.02. The fourth-order valence-electron chi connectivity index (χ4n) is 1.36. The highest BCUT2D eigenvalue weighted by atomic mass is 16.1. The lowest BCUT2D eigenvalue weighted by atomic mass is 10.4. The summed E-state index contributed by atoms with van der Waals surface area (Å²) in [4.78, 5) is 13.1. The van der Waals surface area contributed by atoms with E-state index in [4.69, 9.17) is 0 Å². The number of carbonyl (C=O) groups is 1. The van der Waals surface area contributed by atoms with Crippen LogP contribution >= 0.6 is 0 Å². The van der Waals surface area contributed by atoms with Gasteiger partial charge in [-0.1, -0.05) is 6.08 Å². The summed E-state index contributed by atoms with van der Waals surface area (Å²) in [5.41, 5.74) is 0. The maximum Gasteiger partial charge on any atom is 0.243 e. The molecule has 68 valence electrons. The number of hydrogen-bond donors (Lipinski definition) is 1. The third-order valence-electron chi connectivity index (χ3n) is 2.08. The van der Waals surface area contributed by atoms with Gasteiger partial charge in [0.25, 0.3) is 0 Å². The SMILES string of the molecule is CNC(=O)C=CCN1CCCC1. The van der Waals surface area contributed by atoms with Crippen LogP contribution in [-0.4, -0.2) is 37.5 Å². The predicted octanol–water partition coefficient (Wildman–Crippen LogP) is 0.384. The van der Waals surface area contributed by atoms with Crippen LogP contribution in [0.2, 0.25) is 0 Å². The zero-order valence-electron chi connectivity index (χ0n) is 7.55. The lowest BCUT2D eigenvalue weighted by Gasteiger charge is -2.09. The Kier molecular flexibility index (Phi) is 3.80. The maximum atomic E-state index is 10.8. The third-order valence-corrected chi connectivity index (χ3v) is 2.08. The van der Waals surface area contributed by atoms with Crippen molar-refractivity contribution in [1.29, 1.82) is 0 Å². The molecular weight excluding hydrogens is 152 g/mol. The monoisotopic (exact) mass is 168 g/mol. The van der Waals surface area contributed by atoms with Crippen molar-refractivity contribution >= 4 is 5.91 Å². The molecule has 0 bridgehead atoms. The molecule has 0 unspecified atom stereocenters. The zero-order chi connectivity index (χ0) is 8.81. The summed E-state index contributed by atoms with van der Waals surface area (Å²) in [7, 11) is 1.64. The van der Waals surface area contributed by atoms with E-state index in [1.54, 1.807) is 13.1 Å². The van der Waals surface area contributed by atoms with Gasteiger partial charge < -0.3 is 5.32 Å². The molecule has 0 aromatic rings. The van der Waals surface area contributed by atoms with E-state index >= 15 is 0 Å². The van der Waals surface area contributed by atoms with Crippen molar-refractivity contribution in [2.45, 2.75) is 12.8 Å². The second kappa shape index (κ2) is 4.93. The van der Waals surface area contributed by atoms with Crippen molar-refractivity contribution in [1.82, 2.24) is 10.2 Å². The average Bonchev–Trinajstić information content (AvgIpc) is 2.57. The molecule has 1 heterocycles. The zero-order valence-corrected chi connectivity index (χ0v) is 7.55. The van der Waals surface area contributed by atoms with Crippen molar-refractivity contribution in [3.8, 4) is 0 Å². The molecular formula is C9H16N2O. The molecule has 1 saturated heterocycles. The van der Waals surface area contributed by atoms with Crippen molar-refractivity contribution in [3.05, 3.63) is 12.2 Å². The molecule has 12 heavy (non-hydrogen) atoms. The molecule has 0 spiro atoms. The molecule has 0 radical (unpaired) electrons. The second-order valence-corrected chi connectivity index (χ2v) is 3.02. The van der Waals surface area contributed by atoms with Gasteiger partial charge in [0.2, 0.25) is 5.91 Å². The molecule has 0 aliphatic carbocycles. The van der Waals surface area contributed by atoms with E-state index in [0.29, 0.717) is 0 Å². The van der Waals surface area contributed by atoms with Gasteiger partial charge in [0.1, 0.15) is 0 Å². The Morgan fingerprint density at radius 1 is 1.50 bits per heavy atom. The minimum atomic E-state index is -0.0193. The fourth-order valence-corrected chi connectivity index (χ4v) is 1.36. The van der Waals surface area contributed by atoms with E-state index in [0.717, 1.165) is 6.54 Å². The molecule has 3 nitrogen and oxygen atoms in total. The molecule has 1 rings (SSSR count). The topological polar surface area (TPSA) is 32.3 Å². The van der Waals surface area contributed by atoms with E-state index < -0.39 is 0 Å². The Balaban J connectivity index is 2.15. The highest BCUT2D eigenvalue weighted by Gasteiger charge is 2.08. The number of nitrogens with zero attached hydrogens (tertiary/aromatic N) is 1. The van der Waals surface area contributed by atoms with Gasteiger partial charge in [-0.25, -0.2) is 0 Å². The number of rotatable bonds is 3. The van der Waals surface area contributed by atoms with Gasteiger partial charge in [0, 0.05) is 19.7 Å². The van der Waals surface area contributed by atoms with Gasteiger partial charge in [-0.2, -0.15) is 0 Å². The minimum Gasteiger partial charge on any atom is -0.356 e. The maximum absolute atomic E-state index is 10.8. The number of likely N-dealkylation sites (tertiary alicyclic amines) is 1. The van der Waals surface area contributed by atoms with Gasteiger partial charge in [-0.05, 0) is 25.9 Å². The van der Waals surface area contributed by atoms with E-state index in [-0.39, 0.29) is 5.91 Å². The first-order valence-corrected chi connectivity index (χ1v) is 4.43. The third kappa shape index (κ3) is 3.05. The van der Waals surface area contributed by atoms with Crippen LogP contribution in [0.1, 0.15) is 12.8 Å². The molecule has 0 aromatic heterocycles. The molecule has 0 saturated carbocycles. The first kappa shape index (κ1) is 9.26. The van der Waals surface area contributed by atoms with Crippen LogP contribution in [0.3, 0.4) is 0 Å². The number of carbonyl (C=O) groups excluding carboxylic acids is 1. The molecule has 1 fully saturated rings. The fraction of sp³-hybridized carbons (Fsp3) is 0.667. The standard InChI is InChI=1S/C9H16N2O/c1-10-9(12)5-4-8-11-6-2-3-7-11/h4-5H,2-3,6-8H2,1H3,(H,10,12). The number of amides is 1. The van der Waals surface area contributed by atoms with Crippen molar-refractivity contribution in [2.75, 3.05) is 26.7 Å². The Hall–Kier alpha value is -0.830. The van der Waals surface area contributed by atoms with Crippen molar-refractivity contribution in [3.63, 3.8) is 0 Å². The first-order valence-electron chi connectivity index (χ1n) is 4.43. The average molecular weight is 168 g/mol. The van der Waals surface area contributed by atoms with Crippen LogP contribution in [0.5, 0.6) is 0 Å². The van der Waals surface area contributed by atoms with Gasteiger partial charge >= 0.3 is 0 Å².